The molecule has 0 saturated carbocycles. The maximum Gasteiger partial charge on any atom is 2.00 e. The van der Waals surface area contributed by atoms with E-state index in [9.17, 15) is 119 Å². The van der Waals surface area contributed by atoms with Gasteiger partial charge in [-0.1, -0.05) is 0 Å². The molecule has 4 N–H and O–H groups in total. The van der Waals surface area contributed by atoms with Crippen LogP contribution in [0.1, 0.15) is 51.4 Å². The van der Waals surface area contributed by atoms with Crippen LogP contribution in [-0.4, -0.2) is 297 Å². The summed E-state index contributed by atoms with van der Waals surface area (Å²) in [4.78, 5) is 120. The van der Waals surface area contributed by atoms with Gasteiger partial charge in [0.2, 0.25) is 0 Å². The normalized spacial score (nSPS) is 9.72. The molecule has 0 heterocycles. The fourth-order valence-corrected chi connectivity index (χ4v) is 2.74. The Labute approximate surface area is 460 Å². The van der Waals surface area contributed by atoms with Gasteiger partial charge >= 0.3 is 182 Å². The summed E-state index contributed by atoms with van der Waals surface area (Å²) in [6.07, 6.45) is -10.9. The van der Waals surface area contributed by atoms with Crippen LogP contribution in [-0.2, 0) is 57.5 Å². The van der Waals surface area contributed by atoms with E-state index >= 15 is 0 Å². The number of aliphatic hydroxyl groups is 4. The second kappa shape index (κ2) is 38.3. The molecule has 0 aromatic rings. The minimum Gasteiger partial charge on any atom is -0.550 e. The number of carbonyl (C=O) groups excluding carboxylic acids is 12. The van der Waals surface area contributed by atoms with Crippen molar-refractivity contribution in [3.05, 3.63) is 0 Å². The van der Waals surface area contributed by atoms with Crippen LogP contribution in [0.5, 0.6) is 0 Å². The Hall–Kier alpha value is -0.442. The van der Waals surface area contributed by atoms with E-state index in [-0.39, 0.29) is 182 Å². The van der Waals surface area contributed by atoms with Gasteiger partial charge in [0.05, 0.1) is 23.9 Å². The topological polar surface area (TPSA) is 562 Å². The van der Waals surface area contributed by atoms with E-state index in [0.29, 0.717) is 0 Å². The SMILES string of the molecule is O=C([O-])CC(O)(CC(=O)[O-])C(=O)[O-].O=C([O-])CC(O)(CC(=O)[O-])C(=O)[O-].O=C([O-])CC(O)(CC(=O)[O-])C(=O)[O-].O=C([O-])CC(O)(CC(=O)[O-])C(=O)[O-].[Ca+2].[Ca+2].[Ca+2].[Mg+2].[Mg+2].[Mg+2]. The van der Waals surface area contributed by atoms with Crippen LogP contribution in [0, 0.1) is 0 Å². The molecular formula is C24H20Ca3Mg3O28. The van der Waals surface area contributed by atoms with Crippen molar-refractivity contribution < 1.29 is 139 Å². The molecule has 0 aromatic carbocycles. The minimum absolute atomic E-state index is 0. The van der Waals surface area contributed by atoms with Gasteiger partial charge in [-0.2, -0.15) is 0 Å². The summed E-state index contributed by atoms with van der Waals surface area (Å²) in [6.45, 7) is 0. The molecule has 0 aliphatic heterocycles. The largest absolute Gasteiger partial charge is 2.00 e. The maximum absolute atomic E-state index is 10.1. The van der Waals surface area contributed by atoms with Gasteiger partial charge in [0.1, 0.15) is 22.4 Å². The summed E-state index contributed by atoms with van der Waals surface area (Å²) in [5.41, 5.74) is -11.9. The Balaban J connectivity index is -0.0000000640. The Morgan fingerprint density at radius 1 is 0.259 bits per heavy atom. The van der Waals surface area contributed by atoms with E-state index in [0.717, 1.165) is 0 Å². The zero-order chi connectivity index (χ0) is 42.6. The van der Waals surface area contributed by atoms with Gasteiger partial charge in [0.15, 0.2) is 0 Å². The van der Waals surface area contributed by atoms with Gasteiger partial charge < -0.3 is 139 Å². The summed E-state index contributed by atoms with van der Waals surface area (Å²) in [5, 5.41) is 156. The molecule has 0 unspecified atom stereocenters. The average molecular weight is 950 g/mol. The first-order valence-electron chi connectivity index (χ1n) is 12.5. The predicted octanol–water partition coefficient (Wildman–Crippen LogP) is -23.3. The third-order valence-corrected chi connectivity index (χ3v) is 5.01. The third kappa shape index (κ3) is 40.9. The molecule has 0 aliphatic rings. The van der Waals surface area contributed by atoms with Crippen molar-refractivity contribution in [2.24, 2.45) is 0 Å². The van der Waals surface area contributed by atoms with Crippen molar-refractivity contribution in [2.75, 3.05) is 0 Å². The molecule has 0 rings (SSSR count). The summed E-state index contributed by atoms with van der Waals surface area (Å²) in [6, 6.07) is 0. The molecule has 0 aliphatic carbocycles. The van der Waals surface area contributed by atoms with E-state index in [2.05, 4.69) is 0 Å². The van der Waals surface area contributed by atoms with Crippen LogP contribution in [0.15, 0.2) is 0 Å². The third-order valence-electron chi connectivity index (χ3n) is 5.01. The molecule has 0 saturated heterocycles. The summed E-state index contributed by atoms with van der Waals surface area (Å²) >= 11 is 0. The van der Waals surface area contributed by atoms with E-state index in [1.807, 2.05) is 0 Å². The molecule has 0 spiro atoms. The van der Waals surface area contributed by atoms with Crippen LogP contribution in [0.3, 0.4) is 0 Å². The van der Waals surface area contributed by atoms with E-state index < -0.39 is 145 Å². The van der Waals surface area contributed by atoms with Crippen LogP contribution in [0.2, 0.25) is 0 Å². The number of hydrogen-bond donors (Lipinski definition) is 4. The number of carbonyl (C=O) groups is 12. The van der Waals surface area contributed by atoms with Gasteiger partial charge in [0, 0.05) is 99.1 Å². The molecule has 0 atom stereocenters. The van der Waals surface area contributed by atoms with Gasteiger partial charge in [-0.25, -0.2) is 0 Å². The summed E-state index contributed by atoms with van der Waals surface area (Å²) in [5.74, 6) is -23.9. The van der Waals surface area contributed by atoms with Gasteiger partial charge in [0.25, 0.3) is 0 Å². The molecule has 0 fully saturated rings. The number of hydrogen-bond acceptors (Lipinski definition) is 28. The van der Waals surface area contributed by atoms with Crippen LogP contribution in [0.4, 0.5) is 0 Å². The number of carboxylic acid groups (broad SMARTS) is 12. The Morgan fingerprint density at radius 2 is 0.328 bits per heavy atom. The van der Waals surface area contributed by atoms with Crippen molar-refractivity contribution in [3.8, 4) is 0 Å². The van der Waals surface area contributed by atoms with Gasteiger partial charge in [-0.05, 0) is 0 Å². The summed E-state index contributed by atoms with van der Waals surface area (Å²) < 4.78 is 0. The number of rotatable bonds is 20. The van der Waals surface area contributed by atoms with Crippen LogP contribution in [0.25, 0.3) is 0 Å². The summed E-state index contributed by atoms with van der Waals surface area (Å²) in [7, 11) is 0. The Bertz CT molecular complexity index is 1150. The molecule has 0 aromatic heterocycles. The second-order valence-electron chi connectivity index (χ2n) is 9.67. The molecule has 296 valence electrons. The fourth-order valence-electron chi connectivity index (χ4n) is 2.74. The molecule has 58 heavy (non-hydrogen) atoms. The van der Waals surface area contributed by atoms with Crippen molar-refractivity contribution in [1.82, 2.24) is 0 Å². The van der Waals surface area contributed by atoms with Crippen LogP contribution < -0.4 is 61.3 Å². The van der Waals surface area contributed by atoms with Crippen molar-refractivity contribution >= 4 is 254 Å². The minimum atomic E-state index is -2.97. The van der Waals surface area contributed by atoms with Crippen LogP contribution >= 0.6 is 0 Å². The van der Waals surface area contributed by atoms with Crippen molar-refractivity contribution in [2.45, 2.75) is 73.8 Å². The zero-order valence-corrected chi connectivity index (χ0v) is 40.4. The first-order chi connectivity index (χ1) is 23.1. The Morgan fingerprint density at radius 3 is 0.362 bits per heavy atom. The zero-order valence-electron chi connectivity index (χ0n) is 29.5. The predicted molar refractivity (Wildman–Crippen MR) is 151 cm³/mol. The Kier molecular flexibility index (Phi) is 53.7. The van der Waals surface area contributed by atoms with Crippen molar-refractivity contribution in [3.63, 3.8) is 0 Å². The molecule has 0 bridgehead atoms. The molecular weight excluding hydrogens is 929 g/mol. The van der Waals surface area contributed by atoms with Gasteiger partial charge in [-0.3, -0.25) is 0 Å². The maximum atomic E-state index is 10.1. The van der Waals surface area contributed by atoms with E-state index in [1.165, 1.54) is 0 Å². The van der Waals surface area contributed by atoms with Gasteiger partial charge in [-0.15, -0.1) is 0 Å². The molecule has 28 nitrogen and oxygen atoms in total. The fraction of sp³-hybridized carbons (Fsp3) is 0.500. The average Bonchev–Trinajstić information content (AvgIpc) is 2.85. The monoisotopic (exact) mass is 948 g/mol. The first kappa shape index (κ1) is 81.4. The number of carboxylic acids is 12. The van der Waals surface area contributed by atoms with E-state index in [1.54, 1.807) is 0 Å². The quantitative estimate of drug-likeness (QED) is 0.0823. The van der Waals surface area contributed by atoms with E-state index in [4.69, 9.17) is 20.4 Å². The van der Waals surface area contributed by atoms with Crippen molar-refractivity contribution in [1.29, 1.82) is 0 Å². The smallest absolute Gasteiger partial charge is 0.550 e. The second-order valence-corrected chi connectivity index (χ2v) is 9.67. The molecule has 0 radical (unpaired) electrons. The molecule has 34 heteroatoms. The standard InChI is InChI=1S/4C6H8O7.3Ca.3Mg/c4*7-3(8)1-6(13,5(11)12)2-4(9)10;;;;;;/h4*13H,1-2H2,(H,7,8)(H,9,10)(H,11,12);;;;;;/q;;;;6*+2/p-12. The first-order valence-corrected chi connectivity index (χ1v) is 12.5. The molecule has 0 amide bonds. The number of aliphatic carboxylic acids is 12.